The first kappa shape index (κ1) is 10.9. The number of carbonyl (C=O) groups is 1. The zero-order valence-corrected chi connectivity index (χ0v) is 8.16. The lowest BCUT2D eigenvalue weighted by Crippen LogP contribution is -2.41. The number of likely N-dealkylation sites (N-methyl/N-ethyl adjacent to an activating group) is 1. The van der Waals surface area contributed by atoms with E-state index in [0.29, 0.717) is 6.54 Å². The van der Waals surface area contributed by atoms with Crippen LogP contribution in [0.5, 0.6) is 0 Å². The molecule has 0 N–H and O–H groups in total. The highest BCUT2D eigenvalue weighted by molar-refractivity contribution is 5.74. The van der Waals surface area contributed by atoms with E-state index >= 15 is 0 Å². The minimum Gasteiger partial charge on any atom is -0.329 e. The molecule has 0 saturated heterocycles. The molecule has 1 amide bonds. The first-order chi connectivity index (χ1) is 5.37. The molecule has 0 aliphatic carbocycles. The number of nitrogens with zero attached hydrogens (tertiary/aromatic N) is 3. The molecule has 0 aromatic rings. The van der Waals surface area contributed by atoms with Gasteiger partial charge in [-0.15, -0.1) is 0 Å². The topological polar surface area (TPSA) is 44.1 Å². The minimum atomic E-state index is -0.189. The molecule has 4 heteroatoms. The minimum absolute atomic E-state index is 0.189. The van der Waals surface area contributed by atoms with E-state index in [1.165, 1.54) is 11.8 Å². The van der Waals surface area contributed by atoms with Crippen LogP contribution in [0.2, 0.25) is 0 Å². The molecule has 0 atom stereocenters. The molecule has 12 heavy (non-hydrogen) atoms. The van der Waals surface area contributed by atoms with Crippen molar-refractivity contribution in [3.05, 3.63) is 0 Å². The summed E-state index contributed by atoms with van der Waals surface area (Å²) >= 11 is 0. The molecule has 0 fully saturated rings. The third-order valence-corrected chi connectivity index (χ3v) is 1.50. The smallest absolute Gasteiger partial charge is 0.232 e. The summed E-state index contributed by atoms with van der Waals surface area (Å²) in [6.45, 7) is 2.68. The molecule has 68 valence electrons. The number of nitriles is 1. The predicted molar refractivity (Wildman–Crippen MR) is 45.9 cm³/mol. The van der Waals surface area contributed by atoms with Crippen LogP contribution in [0.3, 0.4) is 0 Å². The van der Waals surface area contributed by atoms with Crippen molar-refractivity contribution in [1.29, 1.82) is 5.26 Å². The maximum atomic E-state index is 10.8. The van der Waals surface area contributed by atoms with Crippen LogP contribution in [0.15, 0.2) is 0 Å². The summed E-state index contributed by atoms with van der Waals surface area (Å²) in [5.41, 5.74) is 0. The van der Waals surface area contributed by atoms with Gasteiger partial charge in [0, 0.05) is 6.92 Å². The Kier molecular flexibility index (Phi) is 3.71. The Balaban J connectivity index is 3.92. The summed E-state index contributed by atoms with van der Waals surface area (Å²) in [6, 6.07) is 0. The van der Waals surface area contributed by atoms with Gasteiger partial charge in [0.25, 0.3) is 0 Å². The fourth-order valence-corrected chi connectivity index (χ4v) is 0.678. The molecule has 0 unspecified atom stereocenters. The standard InChI is InChI=1S/C8H16N3O/c1-8(12)10(7-9)5-6-11(2,3)4/h5-6H2,1-4H3/q+1. The molecular formula is C8H16N3O+. The van der Waals surface area contributed by atoms with Crippen molar-refractivity contribution in [2.45, 2.75) is 6.92 Å². The van der Waals surface area contributed by atoms with Crippen molar-refractivity contribution in [2.75, 3.05) is 34.2 Å². The van der Waals surface area contributed by atoms with Gasteiger partial charge >= 0.3 is 0 Å². The van der Waals surface area contributed by atoms with Crippen LogP contribution in [0, 0.1) is 11.5 Å². The molecule has 0 bridgehead atoms. The van der Waals surface area contributed by atoms with Gasteiger partial charge < -0.3 is 4.48 Å². The number of hydrogen-bond acceptors (Lipinski definition) is 2. The number of carbonyl (C=O) groups excluding carboxylic acids is 1. The first-order valence-electron chi connectivity index (χ1n) is 3.85. The van der Waals surface area contributed by atoms with E-state index in [0.717, 1.165) is 11.0 Å². The Bertz CT molecular complexity index is 199. The van der Waals surface area contributed by atoms with Crippen LogP contribution in [0.4, 0.5) is 0 Å². The summed E-state index contributed by atoms with van der Waals surface area (Å²) in [6.07, 6.45) is 1.85. The van der Waals surface area contributed by atoms with Crippen molar-refractivity contribution in [3.8, 4) is 6.19 Å². The van der Waals surface area contributed by atoms with Crippen molar-refractivity contribution < 1.29 is 9.28 Å². The van der Waals surface area contributed by atoms with Gasteiger partial charge in [0.1, 0.15) is 0 Å². The Morgan fingerprint density at radius 2 is 2.00 bits per heavy atom. The molecule has 0 aliphatic heterocycles. The van der Waals surface area contributed by atoms with Gasteiger partial charge in [-0.2, -0.15) is 5.26 Å². The van der Waals surface area contributed by atoms with Crippen LogP contribution < -0.4 is 0 Å². The highest BCUT2D eigenvalue weighted by Gasteiger charge is 2.12. The lowest BCUT2D eigenvalue weighted by molar-refractivity contribution is -0.869. The normalized spacial score (nSPS) is 10.6. The summed E-state index contributed by atoms with van der Waals surface area (Å²) in [5.74, 6) is -0.189. The third kappa shape index (κ3) is 4.69. The molecule has 0 aromatic heterocycles. The second kappa shape index (κ2) is 4.07. The molecule has 0 radical (unpaired) electrons. The lowest BCUT2D eigenvalue weighted by atomic mass is 10.4. The van der Waals surface area contributed by atoms with E-state index < -0.39 is 0 Å². The van der Waals surface area contributed by atoms with E-state index in [2.05, 4.69) is 0 Å². The Morgan fingerprint density at radius 1 is 1.50 bits per heavy atom. The highest BCUT2D eigenvalue weighted by Crippen LogP contribution is 1.93. The first-order valence-corrected chi connectivity index (χ1v) is 3.85. The van der Waals surface area contributed by atoms with Crippen molar-refractivity contribution in [1.82, 2.24) is 4.90 Å². The third-order valence-electron chi connectivity index (χ3n) is 1.50. The summed E-state index contributed by atoms with van der Waals surface area (Å²) in [7, 11) is 6.07. The lowest BCUT2D eigenvalue weighted by Gasteiger charge is -2.25. The van der Waals surface area contributed by atoms with Crippen LogP contribution in [-0.2, 0) is 4.79 Å². The Morgan fingerprint density at radius 3 is 2.25 bits per heavy atom. The van der Waals surface area contributed by atoms with Gasteiger partial charge in [0.2, 0.25) is 5.91 Å². The summed E-state index contributed by atoms with van der Waals surface area (Å²) in [5, 5.41) is 8.54. The molecule has 0 spiro atoms. The van der Waals surface area contributed by atoms with E-state index in [9.17, 15) is 4.79 Å². The molecular weight excluding hydrogens is 154 g/mol. The maximum Gasteiger partial charge on any atom is 0.232 e. The van der Waals surface area contributed by atoms with Crippen molar-refractivity contribution in [3.63, 3.8) is 0 Å². The van der Waals surface area contributed by atoms with E-state index in [4.69, 9.17) is 5.26 Å². The predicted octanol–water partition coefficient (Wildman–Crippen LogP) is 0.0222. The number of rotatable bonds is 3. The summed E-state index contributed by atoms with van der Waals surface area (Å²) < 4.78 is 0.755. The zero-order chi connectivity index (χ0) is 9.78. The van der Waals surface area contributed by atoms with Gasteiger partial charge in [-0.3, -0.25) is 4.79 Å². The van der Waals surface area contributed by atoms with Crippen LogP contribution in [0.25, 0.3) is 0 Å². The van der Waals surface area contributed by atoms with Gasteiger partial charge in [-0.25, -0.2) is 4.90 Å². The molecule has 4 nitrogen and oxygen atoms in total. The summed E-state index contributed by atoms with van der Waals surface area (Å²) in [4.78, 5) is 12.0. The molecule has 0 aliphatic rings. The fourth-order valence-electron chi connectivity index (χ4n) is 0.678. The van der Waals surface area contributed by atoms with Gasteiger partial charge in [0.05, 0.1) is 34.2 Å². The molecule has 0 rings (SSSR count). The van der Waals surface area contributed by atoms with Crippen molar-refractivity contribution in [2.24, 2.45) is 0 Å². The monoisotopic (exact) mass is 170 g/mol. The highest BCUT2D eigenvalue weighted by atomic mass is 16.2. The van der Waals surface area contributed by atoms with Crippen molar-refractivity contribution >= 4 is 5.91 Å². The average Bonchev–Trinajstić information content (AvgIpc) is 1.85. The quantitative estimate of drug-likeness (QED) is 0.340. The van der Waals surface area contributed by atoms with Crippen LogP contribution in [-0.4, -0.2) is 49.5 Å². The van der Waals surface area contributed by atoms with Gasteiger partial charge in [0.15, 0.2) is 6.19 Å². The zero-order valence-electron chi connectivity index (χ0n) is 8.16. The van der Waals surface area contributed by atoms with E-state index in [1.807, 2.05) is 27.3 Å². The van der Waals surface area contributed by atoms with Gasteiger partial charge in [-0.1, -0.05) is 0 Å². The Labute approximate surface area is 73.6 Å². The second-order valence-electron chi connectivity index (χ2n) is 3.78. The SMILES string of the molecule is CC(=O)N(C#N)CC[N+](C)(C)C. The number of amides is 1. The number of hydrogen-bond donors (Lipinski definition) is 0. The van der Waals surface area contributed by atoms with Crippen LogP contribution in [0.1, 0.15) is 6.92 Å². The molecule has 0 saturated carbocycles. The van der Waals surface area contributed by atoms with Gasteiger partial charge in [-0.05, 0) is 0 Å². The largest absolute Gasteiger partial charge is 0.329 e. The maximum absolute atomic E-state index is 10.8. The fraction of sp³-hybridized carbons (Fsp3) is 0.750. The molecule has 0 aromatic carbocycles. The Hall–Kier alpha value is -1.08. The van der Waals surface area contributed by atoms with E-state index in [1.54, 1.807) is 0 Å². The van der Waals surface area contributed by atoms with Crippen LogP contribution >= 0.6 is 0 Å². The van der Waals surface area contributed by atoms with E-state index in [-0.39, 0.29) is 5.91 Å². The number of quaternary nitrogens is 1. The molecule has 0 heterocycles. The second-order valence-corrected chi connectivity index (χ2v) is 3.78. The average molecular weight is 170 g/mol.